The Morgan fingerprint density at radius 3 is 2.68 bits per heavy atom. The highest BCUT2D eigenvalue weighted by Gasteiger charge is 2.24. The van der Waals surface area contributed by atoms with E-state index in [1.54, 1.807) is 0 Å². The van der Waals surface area contributed by atoms with E-state index in [4.69, 9.17) is 17.3 Å². The van der Waals surface area contributed by atoms with Crippen LogP contribution in [-0.4, -0.2) is 40.2 Å². The number of nitrogens with zero attached hydrogens (tertiary/aromatic N) is 1. The van der Waals surface area contributed by atoms with E-state index in [0.717, 1.165) is 42.3 Å². The first-order chi connectivity index (χ1) is 12.0. The monoisotopic (exact) mass is 426 g/mol. The molecule has 2 N–H and O–H groups in total. The number of hydrogen-bond donors (Lipinski definition) is 2. The van der Waals surface area contributed by atoms with Crippen LogP contribution in [0, 0.1) is 6.92 Å². The number of hydrogen-bond acceptors (Lipinski definition) is 3. The number of aryl methyl sites for hydroxylation is 1. The van der Waals surface area contributed by atoms with Crippen LogP contribution in [0.25, 0.3) is 0 Å². The predicted octanol–water partition coefficient (Wildman–Crippen LogP) is 4.18. The lowest BCUT2D eigenvalue weighted by atomic mass is 9.94. The highest BCUT2D eigenvalue weighted by Crippen LogP contribution is 2.23. The number of carbonyl (C=O) groups is 1. The number of halogens is 1. The van der Waals surface area contributed by atoms with Gasteiger partial charge in [-0.05, 0) is 62.5 Å². The highest BCUT2D eigenvalue weighted by atomic mass is 79.9. The normalized spacial score (nSPS) is 15.0. The van der Waals surface area contributed by atoms with Gasteiger partial charge >= 0.3 is 0 Å². The molecule has 1 saturated carbocycles. The molecule has 25 heavy (non-hydrogen) atoms. The summed E-state index contributed by atoms with van der Waals surface area (Å²) in [6.07, 6.45) is 7.56. The van der Waals surface area contributed by atoms with Crippen LogP contribution in [0.1, 0.15) is 60.9 Å². The summed E-state index contributed by atoms with van der Waals surface area (Å²) >= 11 is 9.03. The molecule has 1 aromatic carbocycles. The van der Waals surface area contributed by atoms with Gasteiger partial charge in [-0.2, -0.15) is 0 Å². The Balaban J connectivity index is 2.03. The first-order valence-corrected chi connectivity index (χ1v) is 10.2. The molecule has 1 aromatic rings. The van der Waals surface area contributed by atoms with Gasteiger partial charge in [-0.15, -0.1) is 0 Å². The van der Waals surface area contributed by atoms with E-state index in [1.165, 1.54) is 19.3 Å². The first-order valence-electron chi connectivity index (χ1n) is 9.02. The Labute approximate surface area is 164 Å². The van der Waals surface area contributed by atoms with Crippen molar-refractivity contribution in [1.29, 1.82) is 0 Å². The van der Waals surface area contributed by atoms with Gasteiger partial charge in [0.05, 0.1) is 0 Å². The van der Waals surface area contributed by atoms with Gasteiger partial charge in [0, 0.05) is 29.2 Å². The fraction of sp³-hybridized carbons (Fsp3) is 0.579. The zero-order chi connectivity index (χ0) is 18.2. The molecule has 0 radical (unpaired) electrons. The van der Waals surface area contributed by atoms with E-state index in [1.807, 2.05) is 25.1 Å². The second-order valence-corrected chi connectivity index (χ2v) is 7.88. The number of carbonyl (C=O) groups excluding carboxylic acids is 1. The average molecular weight is 427 g/mol. The summed E-state index contributed by atoms with van der Waals surface area (Å²) in [5.74, 6) is -0.173. The van der Waals surface area contributed by atoms with E-state index < -0.39 is 0 Å². The largest absolute Gasteiger partial charge is 0.396 e. The smallest absolute Gasteiger partial charge is 0.257 e. The summed E-state index contributed by atoms with van der Waals surface area (Å²) in [6.45, 7) is 2.96. The quantitative estimate of drug-likeness (QED) is 0.528. The maximum absolute atomic E-state index is 12.5. The second kappa shape index (κ2) is 10.2. The van der Waals surface area contributed by atoms with Crippen LogP contribution in [0.15, 0.2) is 22.7 Å². The van der Waals surface area contributed by atoms with Crippen LogP contribution < -0.4 is 5.32 Å². The molecule has 0 spiro atoms. The van der Waals surface area contributed by atoms with E-state index in [-0.39, 0.29) is 12.5 Å². The summed E-state index contributed by atoms with van der Waals surface area (Å²) in [5.41, 5.74) is 1.69. The van der Waals surface area contributed by atoms with Gasteiger partial charge in [0.2, 0.25) is 0 Å². The number of nitrogens with one attached hydrogen (secondary N) is 1. The molecule has 0 aliphatic heterocycles. The molecule has 1 aliphatic carbocycles. The zero-order valence-corrected chi connectivity index (χ0v) is 17.2. The topological polar surface area (TPSA) is 52.6 Å². The molecule has 0 saturated heterocycles. The van der Waals surface area contributed by atoms with Crippen molar-refractivity contribution in [3.8, 4) is 0 Å². The van der Waals surface area contributed by atoms with Crippen molar-refractivity contribution in [2.45, 2.75) is 57.9 Å². The lowest BCUT2D eigenvalue weighted by Crippen LogP contribution is -2.49. The number of rotatable bonds is 6. The van der Waals surface area contributed by atoms with E-state index in [9.17, 15) is 4.79 Å². The number of thiocarbonyl (C=S) groups is 1. The average Bonchev–Trinajstić information content (AvgIpc) is 2.61. The molecular weight excluding hydrogens is 400 g/mol. The van der Waals surface area contributed by atoms with Gasteiger partial charge < -0.3 is 10.0 Å². The molecule has 1 aliphatic rings. The molecule has 1 amide bonds. The molecule has 0 atom stereocenters. The molecule has 6 heteroatoms. The van der Waals surface area contributed by atoms with E-state index in [2.05, 4.69) is 26.1 Å². The molecule has 0 heterocycles. The number of amides is 1. The Hall–Kier alpha value is -0.980. The first kappa shape index (κ1) is 20.3. The SMILES string of the molecule is Cc1ccc(C(=O)NC(=S)N(CCCCO)C2CCCCC2)cc1Br. The zero-order valence-electron chi connectivity index (χ0n) is 14.8. The minimum Gasteiger partial charge on any atom is -0.396 e. The molecule has 4 nitrogen and oxygen atoms in total. The van der Waals surface area contributed by atoms with Crippen LogP contribution in [-0.2, 0) is 0 Å². The molecule has 2 rings (SSSR count). The molecule has 0 unspecified atom stereocenters. The summed E-state index contributed by atoms with van der Waals surface area (Å²) in [4.78, 5) is 14.7. The minimum absolute atomic E-state index is 0.173. The Kier molecular flexibility index (Phi) is 8.33. The third kappa shape index (κ3) is 6.04. The van der Waals surface area contributed by atoms with E-state index in [0.29, 0.717) is 16.7 Å². The van der Waals surface area contributed by atoms with Gasteiger partial charge in [0.1, 0.15) is 0 Å². The lowest BCUT2D eigenvalue weighted by Gasteiger charge is -2.36. The summed E-state index contributed by atoms with van der Waals surface area (Å²) in [5, 5.41) is 12.5. The van der Waals surface area contributed by atoms with Crippen molar-refractivity contribution in [2.24, 2.45) is 0 Å². The number of aliphatic hydroxyl groups excluding tert-OH is 1. The van der Waals surface area contributed by atoms with Gasteiger partial charge in [0.25, 0.3) is 5.91 Å². The van der Waals surface area contributed by atoms with Gasteiger partial charge in [-0.3, -0.25) is 10.1 Å². The molecule has 1 fully saturated rings. The maximum atomic E-state index is 12.5. The van der Waals surface area contributed by atoms with Gasteiger partial charge in [-0.25, -0.2) is 0 Å². The second-order valence-electron chi connectivity index (χ2n) is 6.64. The molecular formula is C19H27BrN2O2S. The van der Waals surface area contributed by atoms with Crippen molar-refractivity contribution in [2.75, 3.05) is 13.2 Å². The Bertz CT molecular complexity index is 603. The molecule has 0 bridgehead atoms. The van der Waals surface area contributed by atoms with Crippen LogP contribution in [0.4, 0.5) is 0 Å². The fourth-order valence-corrected chi connectivity index (χ4v) is 3.92. The van der Waals surface area contributed by atoms with Crippen molar-refractivity contribution in [3.63, 3.8) is 0 Å². The fourth-order valence-electron chi connectivity index (χ4n) is 3.21. The lowest BCUT2D eigenvalue weighted by molar-refractivity contribution is 0.0969. The minimum atomic E-state index is -0.173. The number of aliphatic hydroxyl groups is 1. The Morgan fingerprint density at radius 1 is 1.32 bits per heavy atom. The third-order valence-corrected chi connectivity index (χ3v) is 5.93. The summed E-state index contributed by atoms with van der Waals surface area (Å²) in [6, 6.07) is 5.95. The summed E-state index contributed by atoms with van der Waals surface area (Å²) in [7, 11) is 0. The number of unbranched alkanes of at least 4 members (excludes halogenated alkanes) is 1. The van der Waals surface area contributed by atoms with Crippen LogP contribution in [0.3, 0.4) is 0 Å². The highest BCUT2D eigenvalue weighted by molar-refractivity contribution is 9.10. The summed E-state index contributed by atoms with van der Waals surface area (Å²) < 4.78 is 0.915. The van der Waals surface area contributed by atoms with Crippen molar-refractivity contribution < 1.29 is 9.90 Å². The standard InChI is InChI=1S/C19H27BrN2O2S/c1-14-9-10-15(13-17(14)20)18(24)21-19(25)22(11-5-6-12-23)16-7-3-2-4-8-16/h9-10,13,16,23H,2-8,11-12H2,1H3,(H,21,24,25). The number of benzene rings is 1. The molecule has 0 aromatic heterocycles. The van der Waals surface area contributed by atoms with Crippen molar-refractivity contribution >= 4 is 39.2 Å². The van der Waals surface area contributed by atoms with Gasteiger partial charge in [-0.1, -0.05) is 41.3 Å². The molecule has 138 valence electrons. The third-order valence-electron chi connectivity index (χ3n) is 4.74. The maximum Gasteiger partial charge on any atom is 0.257 e. The van der Waals surface area contributed by atoms with Crippen LogP contribution >= 0.6 is 28.1 Å². The van der Waals surface area contributed by atoms with Crippen molar-refractivity contribution in [1.82, 2.24) is 10.2 Å². The predicted molar refractivity (Wildman–Crippen MR) is 109 cm³/mol. The Morgan fingerprint density at radius 2 is 2.04 bits per heavy atom. The van der Waals surface area contributed by atoms with Crippen LogP contribution in [0.2, 0.25) is 0 Å². The van der Waals surface area contributed by atoms with Gasteiger partial charge in [0.15, 0.2) is 5.11 Å². The van der Waals surface area contributed by atoms with Crippen molar-refractivity contribution in [3.05, 3.63) is 33.8 Å². The van der Waals surface area contributed by atoms with Crippen LogP contribution in [0.5, 0.6) is 0 Å². The van der Waals surface area contributed by atoms with E-state index >= 15 is 0 Å².